The number of nitrogens with one attached hydrogen (secondary N) is 1. The van der Waals surface area contributed by atoms with Crippen LogP contribution < -0.4 is 5.32 Å². The molecular formula is C16H13BrN2O. The standard InChI is InChI=1S/C16H13BrN2O/c17-14-8-6-12(7-9-14)11-19-16(20)15(10-18)13-4-2-1-3-5-13/h1-9,15H,11H2,(H,19,20). The van der Waals surface area contributed by atoms with E-state index in [0.717, 1.165) is 10.0 Å². The molecule has 3 nitrogen and oxygen atoms in total. The average molecular weight is 329 g/mol. The molecular weight excluding hydrogens is 316 g/mol. The minimum atomic E-state index is -0.772. The first-order valence-electron chi connectivity index (χ1n) is 6.17. The van der Waals surface area contributed by atoms with Crippen LogP contribution >= 0.6 is 15.9 Å². The summed E-state index contributed by atoms with van der Waals surface area (Å²) in [5.41, 5.74) is 1.70. The summed E-state index contributed by atoms with van der Waals surface area (Å²) in [5, 5.41) is 12.0. The molecule has 1 atom stereocenters. The highest BCUT2D eigenvalue weighted by molar-refractivity contribution is 9.10. The molecule has 4 heteroatoms. The third kappa shape index (κ3) is 3.69. The molecule has 0 spiro atoms. The van der Waals surface area contributed by atoms with E-state index in [1.165, 1.54) is 0 Å². The fourth-order valence-corrected chi connectivity index (χ4v) is 2.09. The summed E-state index contributed by atoms with van der Waals surface area (Å²) in [6.45, 7) is 0.414. The number of carbonyl (C=O) groups excluding carboxylic acids is 1. The number of hydrogen-bond donors (Lipinski definition) is 1. The second-order valence-corrected chi connectivity index (χ2v) is 5.23. The van der Waals surface area contributed by atoms with Gasteiger partial charge in [-0.1, -0.05) is 58.4 Å². The minimum Gasteiger partial charge on any atom is -0.351 e. The third-order valence-corrected chi connectivity index (χ3v) is 3.43. The van der Waals surface area contributed by atoms with Gasteiger partial charge in [0.2, 0.25) is 5.91 Å². The van der Waals surface area contributed by atoms with Crippen LogP contribution in [0.15, 0.2) is 59.1 Å². The summed E-state index contributed by atoms with van der Waals surface area (Å²) in [6, 6.07) is 18.8. The molecule has 1 N–H and O–H groups in total. The SMILES string of the molecule is N#CC(C(=O)NCc1ccc(Br)cc1)c1ccccc1. The van der Waals surface area contributed by atoms with Gasteiger partial charge in [0.1, 0.15) is 5.92 Å². The first kappa shape index (κ1) is 14.3. The van der Waals surface area contributed by atoms with Crippen LogP contribution in [-0.4, -0.2) is 5.91 Å². The van der Waals surface area contributed by atoms with Crippen molar-refractivity contribution in [3.63, 3.8) is 0 Å². The van der Waals surface area contributed by atoms with Crippen molar-refractivity contribution in [2.45, 2.75) is 12.5 Å². The normalized spacial score (nSPS) is 11.4. The lowest BCUT2D eigenvalue weighted by Gasteiger charge is -2.10. The quantitative estimate of drug-likeness (QED) is 0.935. The van der Waals surface area contributed by atoms with Crippen LogP contribution in [-0.2, 0) is 11.3 Å². The van der Waals surface area contributed by atoms with E-state index >= 15 is 0 Å². The summed E-state index contributed by atoms with van der Waals surface area (Å²) in [5.74, 6) is -1.05. The second-order valence-electron chi connectivity index (χ2n) is 4.32. The molecule has 0 saturated heterocycles. The molecule has 2 rings (SSSR count). The summed E-state index contributed by atoms with van der Waals surface area (Å²) in [4.78, 5) is 12.1. The molecule has 0 aromatic heterocycles. The maximum Gasteiger partial charge on any atom is 0.242 e. The average Bonchev–Trinajstić information content (AvgIpc) is 2.48. The van der Waals surface area contributed by atoms with Crippen molar-refractivity contribution in [3.8, 4) is 6.07 Å². The largest absolute Gasteiger partial charge is 0.351 e. The molecule has 0 aliphatic rings. The van der Waals surface area contributed by atoms with Crippen molar-refractivity contribution in [1.82, 2.24) is 5.32 Å². The molecule has 0 saturated carbocycles. The molecule has 0 fully saturated rings. The number of nitrogens with zero attached hydrogens (tertiary/aromatic N) is 1. The van der Waals surface area contributed by atoms with E-state index < -0.39 is 5.92 Å². The summed E-state index contributed by atoms with van der Waals surface area (Å²) in [6.07, 6.45) is 0. The van der Waals surface area contributed by atoms with Gasteiger partial charge >= 0.3 is 0 Å². The maximum atomic E-state index is 12.1. The van der Waals surface area contributed by atoms with Crippen molar-refractivity contribution in [3.05, 3.63) is 70.2 Å². The number of benzene rings is 2. The predicted molar refractivity (Wildman–Crippen MR) is 80.8 cm³/mol. The maximum absolute atomic E-state index is 12.1. The Morgan fingerprint density at radius 1 is 1.15 bits per heavy atom. The van der Waals surface area contributed by atoms with E-state index in [2.05, 4.69) is 21.2 Å². The van der Waals surface area contributed by atoms with Gasteiger partial charge in [0.25, 0.3) is 0 Å². The Balaban J connectivity index is 2.00. The molecule has 0 heterocycles. The first-order valence-corrected chi connectivity index (χ1v) is 6.96. The van der Waals surface area contributed by atoms with E-state index in [1.54, 1.807) is 12.1 Å². The lowest BCUT2D eigenvalue weighted by molar-refractivity contribution is -0.121. The van der Waals surface area contributed by atoms with Gasteiger partial charge < -0.3 is 5.32 Å². The molecule has 1 amide bonds. The van der Waals surface area contributed by atoms with Crippen LogP contribution in [0, 0.1) is 11.3 Å². The lowest BCUT2D eigenvalue weighted by atomic mass is 10.00. The number of hydrogen-bond acceptors (Lipinski definition) is 2. The number of rotatable bonds is 4. The number of carbonyl (C=O) groups is 1. The van der Waals surface area contributed by atoms with Crippen LogP contribution in [0.1, 0.15) is 17.0 Å². The van der Waals surface area contributed by atoms with E-state index in [0.29, 0.717) is 12.1 Å². The Labute approximate surface area is 126 Å². The highest BCUT2D eigenvalue weighted by Crippen LogP contribution is 2.15. The van der Waals surface area contributed by atoms with Crippen LogP contribution in [0.2, 0.25) is 0 Å². The van der Waals surface area contributed by atoms with Crippen molar-refractivity contribution >= 4 is 21.8 Å². The summed E-state index contributed by atoms with van der Waals surface area (Å²) < 4.78 is 0.992. The van der Waals surface area contributed by atoms with Gasteiger partial charge in [-0.05, 0) is 23.3 Å². The van der Waals surface area contributed by atoms with Crippen LogP contribution in [0.4, 0.5) is 0 Å². The van der Waals surface area contributed by atoms with Gasteiger partial charge in [-0.15, -0.1) is 0 Å². The minimum absolute atomic E-state index is 0.276. The van der Waals surface area contributed by atoms with Crippen molar-refractivity contribution < 1.29 is 4.79 Å². The Hall–Kier alpha value is -2.12. The van der Waals surface area contributed by atoms with Crippen LogP contribution in [0.5, 0.6) is 0 Å². The molecule has 1 unspecified atom stereocenters. The van der Waals surface area contributed by atoms with Gasteiger partial charge in [-0.25, -0.2) is 0 Å². The van der Waals surface area contributed by atoms with Crippen molar-refractivity contribution in [2.24, 2.45) is 0 Å². The highest BCUT2D eigenvalue weighted by atomic mass is 79.9. The number of halogens is 1. The Morgan fingerprint density at radius 3 is 2.40 bits per heavy atom. The monoisotopic (exact) mass is 328 g/mol. The molecule has 20 heavy (non-hydrogen) atoms. The first-order chi connectivity index (χ1) is 9.70. The molecule has 0 aliphatic carbocycles. The molecule has 2 aromatic carbocycles. The summed E-state index contributed by atoms with van der Waals surface area (Å²) in [7, 11) is 0. The van der Waals surface area contributed by atoms with Crippen LogP contribution in [0.25, 0.3) is 0 Å². The predicted octanol–water partition coefficient (Wildman–Crippen LogP) is 3.37. The van der Waals surface area contributed by atoms with Crippen molar-refractivity contribution in [1.29, 1.82) is 5.26 Å². The Bertz CT molecular complexity index is 617. The van der Waals surface area contributed by atoms with Gasteiger partial charge in [0.05, 0.1) is 6.07 Å². The second kappa shape index (κ2) is 6.88. The molecule has 0 bridgehead atoms. The van der Waals surface area contributed by atoms with E-state index in [-0.39, 0.29) is 5.91 Å². The van der Waals surface area contributed by atoms with Crippen molar-refractivity contribution in [2.75, 3.05) is 0 Å². The summed E-state index contributed by atoms with van der Waals surface area (Å²) >= 11 is 3.36. The topological polar surface area (TPSA) is 52.9 Å². The van der Waals surface area contributed by atoms with Gasteiger partial charge in [0.15, 0.2) is 0 Å². The zero-order chi connectivity index (χ0) is 14.4. The third-order valence-electron chi connectivity index (χ3n) is 2.90. The van der Waals surface area contributed by atoms with Gasteiger partial charge in [0, 0.05) is 11.0 Å². The number of nitriles is 1. The Morgan fingerprint density at radius 2 is 1.80 bits per heavy atom. The van der Waals surface area contributed by atoms with E-state index in [1.807, 2.05) is 48.5 Å². The molecule has 0 aliphatic heterocycles. The zero-order valence-corrected chi connectivity index (χ0v) is 12.3. The lowest BCUT2D eigenvalue weighted by Crippen LogP contribution is -2.28. The highest BCUT2D eigenvalue weighted by Gasteiger charge is 2.19. The fourth-order valence-electron chi connectivity index (χ4n) is 1.82. The van der Waals surface area contributed by atoms with Crippen LogP contribution in [0.3, 0.4) is 0 Å². The smallest absolute Gasteiger partial charge is 0.242 e. The van der Waals surface area contributed by atoms with E-state index in [4.69, 9.17) is 5.26 Å². The van der Waals surface area contributed by atoms with E-state index in [9.17, 15) is 4.79 Å². The fraction of sp³-hybridized carbons (Fsp3) is 0.125. The van der Waals surface area contributed by atoms with Gasteiger partial charge in [-0.2, -0.15) is 5.26 Å². The number of amides is 1. The molecule has 100 valence electrons. The molecule has 0 radical (unpaired) electrons. The Kier molecular flexibility index (Phi) is 4.91. The molecule has 2 aromatic rings. The van der Waals surface area contributed by atoms with Gasteiger partial charge in [-0.3, -0.25) is 4.79 Å². The zero-order valence-electron chi connectivity index (χ0n) is 10.7.